The van der Waals surface area contributed by atoms with E-state index >= 15 is 0 Å². The first kappa shape index (κ1) is 23.9. The van der Waals surface area contributed by atoms with Crippen LogP contribution >= 0.6 is 0 Å². The van der Waals surface area contributed by atoms with Gasteiger partial charge in [-0.25, -0.2) is 9.53 Å². The van der Waals surface area contributed by atoms with Crippen LogP contribution in [0, 0.1) is 13.5 Å². The van der Waals surface area contributed by atoms with Crippen LogP contribution in [0.25, 0.3) is 10.5 Å². The smallest absolute Gasteiger partial charge is 0.274 e. The number of carbonyl (C=O) groups is 1. The molecule has 2 N–H and O–H groups in total. The van der Waals surface area contributed by atoms with E-state index in [-0.39, 0.29) is 11.9 Å². The monoisotopic (exact) mass is 463 g/mol. The standard InChI is InChI=1S/C29H29N5O/c1-4-5-17-31-28(22-11-7-6-8-12-22)23-13-9-15-25(19-23)32-29(35)27-18-21(2)33-34(27)26-16-10-14-24(20-26)30-3/h6-16,18-20,28,31H,4-5,17H2,1-2H3,(H,32,35). The number of aromatic nitrogens is 2. The lowest BCUT2D eigenvalue weighted by Gasteiger charge is -2.21. The van der Waals surface area contributed by atoms with E-state index in [1.807, 2.05) is 49.4 Å². The average molecular weight is 464 g/mol. The number of amides is 1. The molecule has 0 radical (unpaired) electrons. The first-order chi connectivity index (χ1) is 17.1. The summed E-state index contributed by atoms with van der Waals surface area (Å²) in [5, 5.41) is 11.2. The molecule has 1 aromatic heterocycles. The number of hydrogen-bond acceptors (Lipinski definition) is 3. The predicted octanol–water partition coefficient (Wildman–Crippen LogP) is 6.46. The van der Waals surface area contributed by atoms with Crippen LogP contribution in [0.2, 0.25) is 0 Å². The highest BCUT2D eigenvalue weighted by atomic mass is 16.2. The summed E-state index contributed by atoms with van der Waals surface area (Å²) in [6.07, 6.45) is 2.22. The van der Waals surface area contributed by atoms with Gasteiger partial charge in [-0.05, 0) is 61.3 Å². The van der Waals surface area contributed by atoms with E-state index in [9.17, 15) is 4.79 Å². The Balaban J connectivity index is 1.60. The summed E-state index contributed by atoms with van der Waals surface area (Å²) in [6, 6.07) is 27.2. The lowest BCUT2D eigenvalue weighted by Crippen LogP contribution is -2.24. The van der Waals surface area contributed by atoms with Gasteiger partial charge in [-0.1, -0.05) is 67.9 Å². The summed E-state index contributed by atoms with van der Waals surface area (Å²) in [6.45, 7) is 12.2. The number of carbonyl (C=O) groups excluding carboxylic acids is 1. The fourth-order valence-corrected chi connectivity index (χ4v) is 4.04. The van der Waals surface area contributed by atoms with E-state index in [2.05, 4.69) is 45.7 Å². The molecule has 1 amide bonds. The molecule has 3 aromatic carbocycles. The predicted molar refractivity (Wildman–Crippen MR) is 140 cm³/mol. The van der Waals surface area contributed by atoms with Crippen molar-refractivity contribution in [3.63, 3.8) is 0 Å². The van der Waals surface area contributed by atoms with Crippen LogP contribution in [0.3, 0.4) is 0 Å². The highest BCUT2D eigenvalue weighted by Gasteiger charge is 2.18. The number of unbranched alkanes of at least 4 members (excludes halogenated alkanes) is 1. The lowest BCUT2D eigenvalue weighted by atomic mass is 9.98. The zero-order chi connectivity index (χ0) is 24.6. The summed E-state index contributed by atoms with van der Waals surface area (Å²) in [5.74, 6) is -0.258. The maximum atomic E-state index is 13.3. The van der Waals surface area contributed by atoms with Gasteiger partial charge < -0.3 is 10.6 Å². The van der Waals surface area contributed by atoms with Gasteiger partial charge in [-0.3, -0.25) is 4.79 Å². The third kappa shape index (κ3) is 5.84. The first-order valence-electron chi connectivity index (χ1n) is 11.8. The third-order valence-corrected chi connectivity index (χ3v) is 5.76. The van der Waals surface area contributed by atoms with Gasteiger partial charge in [0.1, 0.15) is 5.69 Å². The Hall–Kier alpha value is -4.21. The molecule has 6 heteroatoms. The Bertz CT molecular complexity index is 1340. The molecule has 0 fully saturated rings. The van der Waals surface area contributed by atoms with E-state index in [0.717, 1.165) is 30.6 Å². The minimum absolute atomic E-state index is 0.0312. The molecule has 1 atom stereocenters. The average Bonchev–Trinajstić information content (AvgIpc) is 3.29. The van der Waals surface area contributed by atoms with Gasteiger partial charge in [0.05, 0.1) is 24.0 Å². The second-order valence-corrected chi connectivity index (χ2v) is 8.45. The van der Waals surface area contributed by atoms with E-state index in [4.69, 9.17) is 6.57 Å². The van der Waals surface area contributed by atoms with Crippen molar-refractivity contribution < 1.29 is 4.79 Å². The van der Waals surface area contributed by atoms with E-state index in [1.54, 1.807) is 28.9 Å². The maximum Gasteiger partial charge on any atom is 0.274 e. The minimum Gasteiger partial charge on any atom is -0.321 e. The molecule has 0 spiro atoms. The normalized spacial score (nSPS) is 11.6. The van der Waals surface area contributed by atoms with Gasteiger partial charge >= 0.3 is 0 Å². The molecule has 0 aliphatic rings. The van der Waals surface area contributed by atoms with Crippen molar-refractivity contribution >= 4 is 17.3 Å². The van der Waals surface area contributed by atoms with Crippen molar-refractivity contribution in [2.45, 2.75) is 32.7 Å². The molecule has 0 aliphatic heterocycles. The largest absolute Gasteiger partial charge is 0.321 e. The number of nitrogens with one attached hydrogen (secondary N) is 2. The van der Waals surface area contributed by atoms with E-state index in [0.29, 0.717) is 22.8 Å². The Morgan fingerprint density at radius 3 is 2.54 bits per heavy atom. The SMILES string of the molecule is [C-]#[N+]c1cccc(-n2nc(C)cc2C(=O)Nc2cccc(C(NCCCC)c3ccccc3)c2)c1. The number of hydrogen-bond donors (Lipinski definition) is 2. The number of nitrogens with zero attached hydrogens (tertiary/aromatic N) is 3. The van der Waals surface area contributed by atoms with Gasteiger partial charge in [0.2, 0.25) is 0 Å². The third-order valence-electron chi connectivity index (χ3n) is 5.76. The Labute approximate surface area is 206 Å². The zero-order valence-electron chi connectivity index (χ0n) is 20.0. The van der Waals surface area contributed by atoms with Crippen molar-refractivity contribution in [3.8, 4) is 5.69 Å². The van der Waals surface area contributed by atoms with Crippen molar-refractivity contribution in [3.05, 3.63) is 119 Å². The van der Waals surface area contributed by atoms with E-state index in [1.165, 1.54) is 5.56 Å². The van der Waals surface area contributed by atoms with Gasteiger partial charge in [-0.2, -0.15) is 5.10 Å². The molecule has 6 nitrogen and oxygen atoms in total. The fraction of sp³-hybridized carbons (Fsp3) is 0.207. The second-order valence-electron chi connectivity index (χ2n) is 8.45. The van der Waals surface area contributed by atoms with Crippen LogP contribution in [0.1, 0.15) is 53.1 Å². The zero-order valence-corrected chi connectivity index (χ0v) is 20.0. The molecule has 0 aliphatic carbocycles. The van der Waals surface area contributed by atoms with Crippen LogP contribution < -0.4 is 10.6 Å². The lowest BCUT2D eigenvalue weighted by molar-refractivity contribution is 0.101. The summed E-state index contributed by atoms with van der Waals surface area (Å²) < 4.78 is 1.59. The first-order valence-corrected chi connectivity index (χ1v) is 11.8. The number of rotatable bonds is 9. The van der Waals surface area contributed by atoms with Crippen molar-refractivity contribution in [1.29, 1.82) is 0 Å². The molecule has 1 heterocycles. The Morgan fingerprint density at radius 1 is 1.00 bits per heavy atom. The number of anilines is 1. The Morgan fingerprint density at radius 2 is 1.77 bits per heavy atom. The van der Waals surface area contributed by atoms with E-state index < -0.39 is 0 Å². The highest BCUT2D eigenvalue weighted by molar-refractivity contribution is 6.03. The molecule has 4 rings (SSSR count). The molecular formula is C29H29N5O. The van der Waals surface area contributed by atoms with Gasteiger partial charge in [0, 0.05) is 5.69 Å². The summed E-state index contributed by atoms with van der Waals surface area (Å²) in [7, 11) is 0. The van der Waals surface area contributed by atoms with Crippen LogP contribution in [-0.2, 0) is 0 Å². The molecule has 4 aromatic rings. The van der Waals surface area contributed by atoms with Crippen LogP contribution in [0.15, 0.2) is 84.9 Å². The van der Waals surface area contributed by atoms with Crippen LogP contribution in [0.5, 0.6) is 0 Å². The number of benzene rings is 3. The molecule has 0 saturated heterocycles. The van der Waals surface area contributed by atoms with Gasteiger partial charge in [-0.15, -0.1) is 0 Å². The molecule has 35 heavy (non-hydrogen) atoms. The highest BCUT2D eigenvalue weighted by Crippen LogP contribution is 2.25. The summed E-state index contributed by atoms with van der Waals surface area (Å²) in [4.78, 5) is 16.8. The minimum atomic E-state index is -0.258. The van der Waals surface area contributed by atoms with Gasteiger partial charge in [0.25, 0.3) is 5.91 Å². The van der Waals surface area contributed by atoms with Gasteiger partial charge in [0.15, 0.2) is 5.69 Å². The molecule has 1 unspecified atom stereocenters. The topological polar surface area (TPSA) is 63.3 Å². The summed E-state index contributed by atoms with van der Waals surface area (Å²) in [5.41, 5.74) is 5.29. The van der Waals surface area contributed by atoms with Crippen molar-refractivity contribution in [2.75, 3.05) is 11.9 Å². The second kappa shape index (κ2) is 11.3. The van der Waals surface area contributed by atoms with Crippen LogP contribution in [0.4, 0.5) is 11.4 Å². The molecule has 0 saturated carbocycles. The summed E-state index contributed by atoms with van der Waals surface area (Å²) >= 11 is 0. The van der Waals surface area contributed by atoms with Crippen molar-refractivity contribution in [2.24, 2.45) is 0 Å². The van der Waals surface area contributed by atoms with Crippen LogP contribution in [-0.4, -0.2) is 22.2 Å². The number of aryl methyl sites for hydroxylation is 1. The fourth-order valence-electron chi connectivity index (χ4n) is 4.04. The quantitative estimate of drug-likeness (QED) is 0.221. The Kier molecular flexibility index (Phi) is 7.71. The van der Waals surface area contributed by atoms with Crippen molar-refractivity contribution in [1.82, 2.24) is 15.1 Å². The molecular weight excluding hydrogens is 434 g/mol. The molecule has 0 bridgehead atoms. The molecule has 176 valence electrons. The maximum absolute atomic E-state index is 13.3.